The molecule has 9 heteroatoms. The van der Waals surface area contributed by atoms with E-state index in [1.54, 1.807) is 30.5 Å². The van der Waals surface area contributed by atoms with Gasteiger partial charge in [-0.05, 0) is 23.3 Å². The number of sulfonamides is 1. The number of rotatable bonds is 4. The molecule has 0 bridgehead atoms. The molecule has 3 aromatic rings. The monoisotopic (exact) mass is 446 g/mol. The average Bonchev–Trinajstić information content (AvgIpc) is 3.35. The van der Waals surface area contributed by atoms with Gasteiger partial charge < -0.3 is 9.57 Å². The number of ether oxygens (including phenoxy) is 1. The second-order valence-corrected chi connectivity index (χ2v) is 9.33. The molecule has 2 aliphatic heterocycles. The van der Waals surface area contributed by atoms with Crippen molar-refractivity contribution in [2.24, 2.45) is 5.16 Å². The quantitative estimate of drug-likeness (QED) is 0.609. The van der Waals surface area contributed by atoms with Crippen molar-refractivity contribution in [1.29, 1.82) is 5.26 Å². The number of hydrogen-bond acceptors (Lipinski definition) is 7. The van der Waals surface area contributed by atoms with Crippen molar-refractivity contribution in [2.75, 3.05) is 17.5 Å². The zero-order chi connectivity index (χ0) is 22.1. The Morgan fingerprint density at radius 3 is 2.56 bits per heavy atom. The lowest BCUT2D eigenvalue weighted by atomic mass is 10.0. The first-order valence-corrected chi connectivity index (χ1v) is 11.5. The first-order valence-electron chi connectivity index (χ1n) is 9.99. The third kappa shape index (κ3) is 3.44. The number of oxime groups is 1. The lowest BCUT2D eigenvalue weighted by Crippen LogP contribution is -2.43. The molecule has 1 atom stereocenters. The van der Waals surface area contributed by atoms with Gasteiger partial charge in [0.1, 0.15) is 12.3 Å². The van der Waals surface area contributed by atoms with Crippen molar-refractivity contribution in [3.63, 3.8) is 0 Å². The molecule has 0 saturated carbocycles. The second kappa shape index (κ2) is 7.98. The molecule has 0 aliphatic carbocycles. The van der Waals surface area contributed by atoms with E-state index in [-0.39, 0.29) is 19.6 Å². The molecule has 3 heterocycles. The summed E-state index contributed by atoms with van der Waals surface area (Å²) in [6.45, 7) is 0.340. The number of pyridine rings is 1. The van der Waals surface area contributed by atoms with Crippen LogP contribution in [0.5, 0.6) is 5.75 Å². The van der Waals surface area contributed by atoms with Gasteiger partial charge in [0.15, 0.2) is 5.75 Å². The van der Waals surface area contributed by atoms with Gasteiger partial charge in [0, 0.05) is 11.8 Å². The molecule has 2 aromatic carbocycles. The SMILES string of the molecule is N#Cc1ccc(-c2cncc3c2OCCN3S(=O)(=O)C2CC(c3ccccc3)=NO2)cc1. The van der Waals surface area contributed by atoms with E-state index >= 15 is 0 Å². The van der Waals surface area contributed by atoms with Gasteiger partial charge in [-0.25, -0.2) is 8.42 Å². The number of nitriles is 1. The molecule has 1 unspecified atom stereocenters. The third-order valence-corrected chi connectivity index (χ3v) is 7.31. The van der Waals surface area contributed by atoms with Crippen LogP contribution in [0.4, 0.5) is 5.69 Å². The molecule has 32 heavy (non-hydrogen) atoms. The fraction of sp³-hybridized carbons (Fsp3) is 0.174. The van der Waals surface area contributed by atoms with Crippen LogP contribution in [0.1, 0.15) is 17.5 Å². The molecule has 5 rings (SSSR count). The first kappa shape index (κ1) is 20.0. The van der Waals surface area contributed by atoms with Gasteiger partial charge in [-0.1, -0.05) is 47.6 Å². The van der Waals surface area contributed by atoms with Crippen molar-refractivity contribution < 1.29 is 18.0 Å². The van der Waals surface area contributed by atoms with Crippen LogP contribution in [-0.4, -0.2) is 37.7 Å². The number of anilines is 1. The van der Waals surface area contributed by atoms with Crippen LogP contribution in [0.3, 0.4) is 0 Å². The maximum Gasteiger partial charge on any atom is 0.276 e. The summed E-state index contributed by atoms with van der Waals surface area (Å²) in [5.74, 6) is 0.432. The van der Waals surface area contributed by atoms with Crippen LogP contribution in [-0.2, 0) is 14.9 Å². The van der Waals surface area contributed by atoms with Crippen LogP contribution >= 0.6 is 0 Å². The van der Waals surface area contributed by atoms with Crippen LogP contribution in [0, 0.1) is 11.3 Å². The van der Waals surface area contributed by atoms with Crippen molar-refractivity contribution in [3.8, 4) is 22.9 Å². The molecule has 1 aromatic heterocycles. The number of aromatic nitrogens is 1. The molecule has 0 spiro atoms. The van der Waals surface area contributed by atoms with E-state index in [1.165, 1.54) is 10.5 Å². The van der Waals surface area contributed by atoms with Crippen molar-refractivity contribution in [2.45, 2.75) is 11.9 Å². The maximum atomic E-state index is 13.5. The normalized spacial score (nSPS) is 17.5. The molecule has 0 fully saturated rings. The molecular formula is C23H18N4O4S. The van der Waals surface area contributed by atoms with E-state index in [2.05, 4.69) is 16.2 Å². The Labute approximate surface area is 185 Å². The largest absolute Gasteiger partial charge is 0.489 e. The predicted molar refractivity (Wildman–Crippen MR) is 119 cm³/mol. The van der Waals surface area contributed by atoms with Crippen molar-refractivity contribution in [3.05, 3.63) is 78.1 Å². The zero-order valence-electron chi connectivity index (χ0n) is 16.9. The summed E-state index contributed by atoms with van der Waals surface area (Å²) in [5.41, 5.74) is 2.62. The minimum absolute atomic E-state index is 0.147. The minimum Gasteiger partial charge on any atom is -0.489 e. The lowest BCUT2D eigenvalue weighted by Gasteiger charge is -2.32. The highest BCUT2D eigenvalue weighted by Crippen LogP contribution is 2.42. The average molecular weight is 446 g/mol. The maximum absolute atomic E-state index is 13.5. The number of nitrogens with zero attached hydrogens (tertiary/aromatic N) is 4. The minimum atomic E-state index is -3.89. The Morgan fingerprint density at radius 1 is 1.03 bits per heavy atom. The van der Waals surface area contributed by atoms with Gasteiger partial charge in [0.2, 0.25) is 0 Å². The molecule has 8 nitrogen and oxygen atoms in total. The Bertz CT molecular complexity index is 1330. The third-order valence-electron chi connectivity index (χ3n) is 5.40. The van der Waals surface area contributed by atoms with Gasteiger partial charge in [-0.15, -0.1) is 0 Å². The van der Waals surface area contributed by atoms with Gasteiger partial charge in [-0.2, -0.15) is 5.26 Å². The van der Waals surface area contributed by atoms with E-state index in [1.807, 2.05) is 30.3 Å². The Hall–Kier alpha value is -3.90. The summed E-state index contributed by atoms with van der Waals surface area (Å²) in [7, 11) is -3.89. The van der Waals surface area contributed by atoms with Gasteiger partial charge in [-0.3, -0.25) is 9.29 Å². The summed E-state index contributed by atoms with van der Waals surface area (Å²) >= 11 is 0. The standard InChI is InChI=1S/C23H18N4O4S/c24-13-16-6-8-17(9-7-16)19-14-25-15-21-23(19)30-11-10-27(21)32(28,29)22-12-20(26-31-22)18-4-2-1-3-5-18/h1-9,14-15,22H,10-12H2. The zero-order valence-corrected chi connectivity index (χ0v) is 17.7. The molecule has 0 amide bonds. The highest BCUT2D eigenvalue weighted by atomic mass is 32.2. The topological polar surface area (TPSA) is 105 Å². The summed E-state index contributed by atoms with van der Waals surface area (Å²) in [4.78, 5) is 9.61. The summed E-state index contributed by atoms with van der Waals surface area (Å²) in [6, 6.07) is 18.4. The highest BCUT2D eigenvalue weighted by Gasteiger charge is 2.41. The first-order chi connectivity index (χ1) is 15.6. The van der Waals surface area contributed by atoms with Crippen LogP contribution in [0.15, 0.2) is 72.1 Å². The number of hydrogen-bond donors (Lipinski definition) is 0. The summed E-state index contributed by atoms with van der Waals surface area (Å²) in [5, 5.41) is 13.1. The van der Waals surface area contributed by atoms with Crippen LogP contribution in [0.2, 0.25) is 0 Å². The van der Waals surface area contributed by atoms with Crippen molar-refractivity contribution >= 4 is 21.4 Å². The van der Waals surface area contributed by atoms with Crippen LogP contribution < -0.4 is 9.04 Å². The fourth-order valence-corrected chi connectivity index (χ4v) is 5.31. The lowest BCUT2D eigenvalue weighted by molar-refractivity contribution is 0.139. The summed E-state index contributed by atoms with van der Waals surface area (Å²) < 4.78 is 34.1. The fourth-order valence-electron chi connectivity index (χ4n) is 3.77. The van der Waals surface area contributed by atoms with E-state index in [0.29, 0.717) is 28.3 Å². The van der Waals surface area contributed by atoms with Gasteiger partial charge in [0.25, 0.3) is 15.5 Å². The Kier molecular flexibility index (Phi) is 4.99. The molecular weight excluding hydrogens is 428 g/mol. The number of benzene rings is 2. The summed E-state index contributed by atoms with van der Waals surface area (Å²) in [6.07, 6.45) is 3.26. The molecule has 0 radical (unpaired) electrons. The smallest absolute Gasteiger partial charge is 0.276 e. The number of fused-ring (bicyclic) bond motifs is 1. The van der Waals surface area contributed by atoms with E-state index < -0.39 is 15.5 Å². The predicted octanol–water partition coefficient (Wildman–Crippen LogP) is 3.30. The Morgan fingerprint density at radius 2 is 1.81 bits per heavy atom. The van der Waals surface area contributed by atoms with E-state index in [9.17, 15) is 8.42 Å². The van der Waals surface area contributed by atoms with Crippen LogP contribution in [0.25, 0.3) is 11.1 Å². The molecule has 0 N–H and O–H groups in total. The van der Waals surface area contributed by atoms with Crippen molar-refractivity contribution in [1.82, 2.24) is 4.98 Å². The van der Waals surface area contributed by atoms with Gasteiger partial charge in [0.05, 0.1) is 36.5 Å². The van der Waals surface area contributed by atoms with E-state index in [0.717, 1.165) is 11.1 Å². The van der Waals surface area contributed by atoms with E-state index in [4.69, 9.17) is 14.8 Å². The van der Waals surface area contributed by atoms with Gasteiger partial charge >= 0.3 is 0 Å². The highest BCUT2D eigenvalue weighted by molar-refractivity contribution is 7.93. The molecule has 0 saturated heterocycles. The Balaban J connectivity index is 1.46. The molecule has 160 valence electrons. The second-order valence-electron chi connectivity index (χ2n) is 7.33. The molecule has 2 aliphatic rings.